The van der Waals surface area contributed by atoms with Crippen LogP contribution >= 0.6 is 27.7 Å². The van der Waals surface area contributed by atoms with Crippen molar-refractivity contribution in [1.29, 1.82) is 0 Å². The Hall–Kier alpha value is -3.10. The number of aromatic nitrogens is 3. The van der Waals surface area contributed by atoms with Gasteiger partial charge in [0.1, 0.15) is 12.4 Å². The predicted octanol–water partition coefficient (Wildman–Crippen LogP) is 5.96. The lowest BCUT2D eigenvalue weighted by Gasteiger charge is -2.12. The van der Waals surface area contributed by atoms with Crippen LogP contribution in [0.1, 0.15) is 17.0 Å². The van der Waals surface area contributed by atoms with Crippen LogP contribution in [0.15, 0.2) is 82.4 Å². The SMILES string of the molecule is Cc1ccc(OCc2nnc(SCC(=O)Nc3ccccc3Br)n2-c2ccc(C)cc2)cc1. The van der Waals surface area contributed by atoms with E-state index in [2.05, 4.69) is 31.4 Å². The molecular formula is C25H23BrN4O2S. The number of anilines is 1. The molecule has 0 unspecified atom stereocenters. The molecule has 0 bridgehead atoms. The molecule has 0 aliphatic rings. The van der Waals surface area contributed by atoms with E-state index in [1.165, 1.54) is 17.3 Å². The number of nitrogens with one attached hydrogen (secondary N) is 1. The van der Waals surface area contributed by atoms with E-state index in [0.717, 1.165) is 27.2 Å². The van der Waals surface area contributed by atoms with Gasteiger partial charge in [0.25, 0.3) is 0 Å². The normalized spacial score (nSPS) is 10.8. The van der Waals surface area contributed by atoms with Crippen molar-refractivity contribution in [1.82, 2.24) is 14.8 Å². The quantitative estimate of drug-likeness (QED) is 0.289. The number of thioether (sulfide) groups is 1. The third kappa shape index (κ3) is 6.03. The molecule has 1 amide bonds. The highest BCUT2D eigenvalue weighted by Crippen LogP contribution is 2.25. The molecule has 1 aromatic heterocycles. The summed E-state index contributed by atoms with van der Waals surface area (Å²) >= 11 is 4.78. The standard InChI is InChI=1S/C25H23BrN4O2S/c1-17-7-11-19(12-8-17)30-23(15-32-20-13-9-18(2)10-14-20)28-29-25(30)33-16-24(31)27-22-6-4-3-5-21(22)26/h3-14H,15-16H2,1-2H3,(H,27,31). The summed E-state index contributed by atoms with van der Waals surface area (Å²) in [5.74, 6) is 1.50. The maximum atomic E-state index is 12.5. The lowest BCUT2D eigenvalue weighted by atomic mass is 10.2. The van der Waals surface area contributed by atoms with Crippen LogP contribution in [0, 0.1) is 13.8 Å². The van der Waals surface area contributed by atoms with Crippen LogP contribution in [-0.4, -0.2) is 26.4 Å². The van der Waals surface area contributed by atoms with E-state index in [9.17, 15) is 4.79 Å². The van der Waals surface area contributed by atoms with Crippen molar-refractivity contribution in [2.24, 2.45) is 0 Å². The summed E-state index contributed by atoms with van der Waals surface area (Å²) in [6.45, 7) is 4.33. The Balaban J connectivity index is 1.51. The molecule has 1 heterocycles. The molecule has 0 aliphatic carbocycles. The van der Waals surface area contributed by atoms with Crippen LogP contribution in [0.5, 0.6) is 5.75 Å². The molecular weight excluding hydrogens is 500 g/mol. The Morgan fingerprint density at radius 3 is 2.33 bits per heavy atom. The number of carbonyl (C=O) groups is 1. The van der Waals surface area contributed by atoms with Gasteiger partial charge in [0.05, 0.1) is 11.4 Å². The lowest BCUT2D eigenvalue weighted by molar-refractivity contribution is -0.113. The van der Waals surface area contributed by atoms with Crippen molar-refractivity contribution in [3.63, 3.8) is 0 Å². The number of aryl methyl sites for hydroxylation is 2. The van der Waals surface area contributed by atoms with Crippen LogP contribution in [-0.2, 0) is 11.4 Å². The molecule has 4 rings (SSSR count). The van der Waals surface area contributed by atoms with Crippen LogP contribution in [0.3, 0.4) is 0 Å². The number of nitrogens with zero attached hydrogens (tertiary/aromatic N) is 3. The first-order valence-electron chi connectivity index (χ1n) is 10.4. The van der Waals surface area contributed by atoms with Crippen LogP contribution < -0.4 is 10.1 Å². The third-order valence-electron chi connectivity index (χ3n) is 4.86. The van der Waals surface area contributed by atoms with E-state index in [1.54, 1.807) is 0 Å². The largest absolute Gasteiger partial charge is 0.486 e. The van der Waals surface area contributed by atoms with Gasteiger partial charge in [-0.1, -0.05) is 59.3 Å². The minimum absolute atomic E-state index is 0.122. The van der Waals surface area contributed by atoms with E-state index in [4.69, 9.17) is 4.74 Å². The fraction of sp³-hybridized carbons (Fsp3) is 0.160. The minimum Gasteiger partial charge on any atom is -0.486 e. The molecule has 4 aromatic rings. The van der Waals surface area contributed by atoms with Gasteiger partial charge in [-0.3, -0.25) is 9.36 Å². The van der Waals surface area contributed by atoms with Gasteiger partial charge in [0, 0.05) is 10.2 Å². The second-order valence-corrected chi connectivity index (χ2v) is 9.29. The maximum absolute atomic E-state index is 12.5. The first-order valence-corrected chi connectivity index (χ1v) is 12.2. The number of benzene rings is 3. The Bertz CT molecular complexity index is 1240. The van der Waals surface area contributed by atoms with Crippen molar-refractivity contribution in [3.05, 3.63) is 94.2 Å². The number of hydrogen-bond donors (Lipinski definition) is 1. The van der Waals surface area contributed by atoms with Gasteiger partial charge in [-0.15, -0.1) is 10.2 Å². The van der Waals surface area contributed by atoms with Gasteiger partial charge in [-0.05, 0) is 66.2 Å². The molecule has 0 atom stereocenters. The lowest BCUT2D eigenvalue weighted by Crippen LogP contribution is -2.15. The number of ether oxygens (including phenoxy) is 1. The van der Waals surface area contributed by atoms with Crippen LogP contribution in [0.2, 0.25) is 0 Å². The Morgan fingerprint density at radius 1 is 0.970 bits per heavy atom. The maximum Gasteiger partial charge on any atom is 0.234 e. The molecule has 0 saturated carbocycles. The summed E-state index contributed by atoms with van der Waals surface area (Å²) in [7, 11) is 0. The van der Waals surface area contributed by atoms with Crippen molar-refractivity contribution in [2.75, 3.05) is 11.1 Å². The average Bonchev–Trinajstić information content (AvgIpc) is 3.22. The molecule has 3 aromatic carbocycles. The van der Waals surface area contributed by atoms with Crippen LogP contribution in [0.25, 0.3) is 5.69 Å². The predicted molar refractivity (Wildman–Crippen MR) is 135 cm³/mol. The van der Waals surface area contributed by atoms with Crippen molar-refractivity contribution < 1.29 is 9.53 Å². The first-order chi connectivity index (χ1) is 16.0. The highest BCUT2D eigenvalue weighted by Gasteiger charge is 2.17. The van der Waals surface area contributed by atoms with Crippen molar-refractivity contribution in [2.45, 2.75) is 25.6 Å². The molecule has 8 heteroatoms. The molecule has 1 N–H and O–H groups in total. The van der Waals surface area contributed by atoms with E-state index in [1.807, 2.05) is 91.2 Å². The molecule has 0 saturated heterocycles. The Labute approximate surface area is 205 Å². The zero-order valence-corrected chi connectivity index (χ0v) is 20.7. The number of halogens is 1. The number of carbonyl (C=O) groups excluding carboxylic acids is 1. The summed E-state index contributed by atoms with van der Waals surface area (Å²) < 4.78 is 8.72. The second kappa shape index (κ2) is 10.7. The molecule has 0 aliphatic heterocycles. The summed E-state index contributed by atoms with van der Waals surface area (Å²) in [5, 5.41) is 12.2. The van der Waals surface area contributed by atoms with Gasteiger partial charge in [0.2, 0.25) is 5.91 Å². The number of para-hydroxylation sites is 1. The minimum atomic E-state index is -0.122. The number of rotatable bonds is 8. The number of hydrogen-bond acceptors (Lipinski definition) is 5. The highest BCUT2D eigenvalue weighted by atomic mass is 79.9. The topological polar surface area (TPSA) is 69.0 Å². The molecule has 0 spiro atoms. The monoisotopic (exact) mass is 522 g/mol. The molecule has 6 nitrogen and oxygen atoms in total. The van der Waals surface area contributed by atoms with Gasteiger partial charge < -0.3 is 10.1 Å². The zero-order chi connectivity index (χ0) is 23.2. The van der Waals surface area contributed by atoms with Gasteiger partial charge in [-0.25, -0.2) is 0 Å². The van der Waals surface area contributed by atoms with Crippen molar-refractivity contribution >= 4 is 39.3 Å². The Morgan fingerprint density at radius 2 is 1.64 bits per heavy atom. The summed E-state index contributed by atoms with van der Waals surface area (Å²) in [4.78, 5) is 12.5. The summed E-state index contributed by atoms with van der Waals surface area (Å²) in [6, 6.07) is 23.5. The van der Waals surface area contributed by atoms with Gasteiger partial charge in [0.15, 0.2) is 11.0 Å². The smallest absolute Gasteiger partial charge is 0.234 e. The fourth-order valence-electron chi connectivity index (χ4n) is 3.10. The molecule has 0 radical (unpaired) electrons. The van der Waals surface area contributed by atoms with E-state index in [0.29, 0.717) is 11.0 Å². The van der Waals surface area contributed by atoms with Crippen LogP contribution in [0.4, 0.5) is 5.69 Å². The van der Waals surface area contributed by atoms with E-state index < -0.39 is 0 Å². The summed E-state index contributed by atoms with van der Waals surface area (Å²) in [5.41, 5.74) is 3.98. The Kier molecular flexibility index (Phi) is 7.47. The fourth-order valence-corrected chi connectivity index (χ4v) is 4.26. The first kappa shape index (κ1) is 23.1. The highest BCUT2D eigenvalue weighted by molar-refractivity contribution is 9.10. The zero-order valence-electron chi connectivity index (χ0n) is 18.3. The van der Waals surface area contributed by atoms with E-state index in [-0.39, 0.29) is 18.3 Å². The van der Waals surface area contributed by atoms with Crippen molar-refractivity contribution in [3.8, 4) is 11.4 Å². The summed E-state index contributed by atoms with van der Waals surface area (Å²) in [6.07, 6.45) is 0. The molecule has 33 heavy (non-hydrogen) atoms. The second-order valence-electron chi connectivity index (χ2n) is 7.49. The van der Waals surface area contributed by atoms with E-state index >= 15 is 0 Å². The molecule has 168 valence electrons. The van der Waals surface area contributed by atoms with Gasteiger partial charge in [-0.2, -0.15) is 0 Å². The van der Waals surface area contributed by atoms with Gasteiger partial charge >= 0.3 is 0 Å². The third-order valence-corrected chi connectivity index (χ3v) is 6.48. The average molecular weight is 523 g/mol. The molecule has 0 fully saturated rings. The number of amides is 1.